The van der Waals surface area contributed by atoms with E-state index in [4.69, 9.17) is 22.1 Å². The van der Waals surface area contributed by atoms with Crippen molar-refractivity contribution in [2.45, 2.75) is 20.1 Å². The van der Waals surface area contributed by atoms with E-state index in [0.29, 0.717) is 17.4 Å². The molecule has 0 aliphatic carbocycles. The topological polar surface area (TPSA) is 76.9 Å². The highest BCUT2D eigenvalue weighted by Crippen LogP contribution is 2.25. The Kier molecular flexibility index (Phi) is 4.92. The van der Waals surface area contributed by atoms with Gasteiger partial charge in [0.1, 0.15) is 18.5 Å². The molecule has 0 bridgehead atoms. The van der Waals surface area contributed by atoms with Crippen LogP contribution in [0.1, 0.15) is 22.3 Å². The Morgan fingerprint density at radius 2 is 1.96 bits per heavy atom. The van der Waals surface area contributed by atoms with E-state index in [2.05, 4.69) is 11.2 Å². The van der Waals surface area contributed by atoms with Gasteiger partial charge < -0.3 is 10.5 Å². The number of nitriles is 1. The Morgan fingerprint density at radius 3 is 2.64 bits per heavy atom. The second-order valence-corrected chi connectivity index (χ2v) is 6.18. The first kappa shape index (κ1) is 16.9. The van der Waals surface area contributed by atoms with Crippen LogP contribution in [0.15, 0.2) is 48.5 Å². The third-order valence-corrected chi connectivity index (χ3v) is 4.02. The molecule has 0 fully saturated rings. The standard InChI is InChI=1S/C19H17ClN4O/c1-13-5-7-14(8-6-13)11-24-18(22)17(10-21)19(23-24)25-12-15-3-2-4-16(20)9-15/h2-9H,11-12,22H2,1H3. The van der Waals surface area contributed by atoms with Crippen molar-refractivity contribution in [3.8, 4) is 11.9 Å². The van der Waals surface area contributed by atoms with Gasteiger partial charge in [-0.05, 0) is 30.2 Å². The van der Waals surface area contributed by atoms with Crippen LogP contribution < -0.4 is 10.5 Å². The van der Waals surface area contributed by atoms with Crippen molar-refractivity contribution in [2.75, 3.05) is 5.73 Å². The molecule has 0 saturated heterocycles. The quantitative estimate of drug-likeness (QED) is 0.754. The minimum atomic E-state index is 0.229. The number of nitrogens with two attached hydrogens (primary N) is 1. The number of ether oxygens (including phenoxy) is 1. The van der Waals surface area contributed by atoms with Gasteiger partial charge in [0.15, 0.2) is 5.56 Å². The zero-order valence-electron chi connectivity index (χ0n) is 13.7. The van der Waals surface area contributed by atoms with Gasteiger partial charge in [-0.3, -0.25) is 0 Å². The molecule has 0 amide bonds. The van der Waals surface area contributed by atoms with Crippen LogP contribution in [0.5, 0.6) is 5.88 Å². The molecule has 6 heteroatoms. The largest absolute Gasteiger partial charge is 0.471 e. The summed E-state index contributed by atoms with van der Waals surface area (Å²) < 4.78 is 7.27. The number of aromatic nitrogens is 2. The van der Waals surface area contributed by atoms with E-state index in [1.807, 2.05) is 43.3 Å². The molecule has 0 aliphatic rings. The summed E-state index contributed by atoms with van der Waals surface area (Å²) in [6, 6.07) is 17.5. The normalized spacial score (nSPS) is 10.4. The van der Waals surface area contributed by atoms with Crippen LogP contribution in [0, 0.1) is 18.3 Å². The first-order valence-electron chi connectivity index (χ1n) is 7.76. The SMILES string of the molecule is Cc1ccc(Cn2nc(OCc3cccc(Cl)c3)c(C#N)c2N)cc1. The summed E-state index contributed by atoms with van der Waals surface area (Å²) in [6.07, 6.45) is 0. The lowest BCUT2D eigenvalue weighted by atomic mass is 10.1. The molecule has 126 valence electrons. The van der Waals surface area contributed by atoms with Gasteiger partial charge in [-0.1, -0.05) is 53.6 Å². The average Bonchev–Trinajstić information content (AvgIpc) is 2.90. The molecule has 2 N–H and O–H groups in total. The number of hydrogen-bond donors (Lipinski definition) is 1. The Morgan fingerprint density at radius 1 is 1.20 bits per heavy atom. The minimum absolute atomic E-state index is 0.229. The fourth-order valence-electron chi connectivity index (χ4n) is 2.42. The van der Waals surface area contributed by atoms with E-state index in [9.17, 15) is 5.26 Å². The molecular formula is C19H17ClN4O. The van der Waals surface area contributed by atoms with E-state index in [1.165, 1.54) is 5.56 Å². The van der Waals surface area contributed by atoms with Gasteiger partial charge in [-0.2, -0.15) is 5.26 Å². The van der Waals surface area contributed by atoms with Crippen molar-refractivity contribution < 1.29 is 4.74 Å². The average molecular weight is 353 g/mol. The lowest BCUT2D eigenvalue weighted by Gasteiger charge is -2.05. The predicted molar refractivity (Wildman–Crippen MR) is 97.4 cm³/mol. The summed E-state index contributed by atoms with van der Waals surface area (Å²) in [6.45, 7) is 2.76. The first-order valence-corrected chi connectivity index (χ1v) is 8.14. The van der Waals surface area contributed by atoms with Gasteiger partial charge in [-0.25, -0.2) is 4.68 Å². The maximum Gasteiger partial charge on any atom is 0.253 e. The summed E-state index contributed by atoms with van der Waals surface area (Å²) >= 11 is 5.97. The van der Waals surface area contributed by atoms with Gasteiger partial charge >= 0.3 is 0 Å². The van der Waals surface area contributed by atoms with E-state index < -0.39 is 0 Å². The molecule has 1 aromatic heterocycles. The molecule has 0 saturated carbocycles. The molecule has 25 heavy (non-hydrogen) atoms. The first-order chi connectivity index (χ1) is 12.1. The maximum atomic E-state index is 9.37. The van der Waals surface area contributed by atoms with Gasteiger partial charge in [0.05, 0.1) is 6.54 Å². The number of nitrogen functional groups attached to an aromatic ring is 1. The van der Waals surface area contributed by atoms with Crippen LogP contribution in [0.25, 0.3) is 0 Å². The second kappa shape index (κ2) is 7.29. The van der Waals surface area contributed by atoms with Gasteiger partial charge in [0.2, 0.25) is 0 Å². The van der Waals surface area contributed by atoms with Crippen molar-refractivity contribution in [1.29, 1.82) is 5.26 Å². The van der Waals surface area contributed by atoms with Crippen LogP contribution in [0.3, 0.4) is 0 Å². The smallest absolute Gasteiger partial charge is 0.253 e. The molecular weight excluding hydrogens is 336 g/mol. The van der Waals surface area contributed by atoms with E-state index in [0.717, 1.165) is 11.1 Å². The number of anilines is 1. The van der Waals surface area contributed by atoms with Crippen LogP contribution in [0.4, 0.5) is 5.82 Å². The van der Waals surface area contributed by atoms with Gasteiger partial charge in [0, 0.05) is 5.02 Å². The number of halogens is 1. The summed E-state index contributed by atoms with van der Waals surface area (Å²) in [5.74, 6) is 0.524. The van der Waals surface area contributed by atoms with Crippen molar-refractivity contribution in [3.63, 3.8) is 0 Å². The van der Waals surface area contributed by atoms with Crippen LogP contribution in [-0.4, -0.2) is 9.78 Å². The number of benzene rings is 2. The summed E-state index contributed by atoms with van der Waals surface area (Å²) in [5.41, 5.74) is 9.43. The molecule has 0 atom stereocenters. The minimum Gasteiger partial charge on any atom is -0.471 e. The molecule has 0 aliphatic heterocycles. The molecule has 3 rings (SSSR count). The molecule has 2 aromatic carbocycles. The zero-order valence-corrected chi connectivity index (χ0v) is 14.5. The van der Waals surface area contributed by atoms with Crippen molar-refractivity contribution in [3.05, 3.63) is 75.8 Å². The van der Waals surface area contributed by atoms with Crippen LogP contribution in [-0.2, 0) is 13.2 Å². The Balaban J connectivity index is 1.80. The van der Waals surface area contributed by atoms with E-state index >= 15 is 0 Å². The van der Waals surface area contributed by atoms with Crippen LogP contribution >= 0.6 is 11.6 Å². The molecule has 1 heterocycles. The number of rotatable bonds is 5. The Hall–Kier alpha value is -2.97. The molecule has 0 radical (unpaired) electrons. The van der Waals surface area contributed by atoms with Crippen molar-refractivity contribution in [2.24, 2.45) is 0 Å². The predicted octanol–water partition coefficient (Wildman–Crippen LogP) is 3.93. The van der Waals surface area contributed by atoms with Gasteiger partial charge in [-0.15, -0.1) is 5.10 Å². The molecule has 5 nitrogen and oxygen atoms in total. The molecule has 0 unspecified atom stereocenters. The number of nitrogens with zero attached hydrogens (tertiary/aromatic N) is 3. The second-order valence-electron chi connectivity index (χ2n) is 5.74. The Labute approximate surface area is 151 Å². The highest BCUT2D eigenvalue weighted by Gasteiger charge is 2.17. The zero-order chi connectivity index (χ0) is 17.8. The third kappa shape index (κ3) is 3.93. The highest BCUT2D eigenvalue weighted by atomic mass is 35.5. The third-order valence-electron chi connectivity index (χ3n) is 3.79. The highest BCUT2D eigenvalue weighted by molar-refractivity contribution is 6.30. The lowest BCUT2D eigenvalue weighted by Crippen LogP contribution is -2.06. The Bertz CT molecular complexity index is 926. The van der Waals surface area contributed by atoms with Crippen molar-refractivity contribution in [1.82, 2.24) is 9.78 Å². The van der Waals surface area contributed by atoms with E-state index in [-0.39, 0.29) is 18.1 Å². The monoisotopic (exact) mass is 352 g/mol. The fraction of sp³-hybridized carbons (Fsp3) is 0.158. The fourth-order valence-corrected chi connectivity index (χ4v) is 2.64. The summed E-state index contributed by atoms with van der Waals surface area (Å²) in [7, 11) is 0. The molecule has 3 aromatic rings. The lowest BCUT2D eigenvalue weighted by molar-refractivity contribution is 0.289. The van der Waals surface area contributed by atoms with E-state index in [1.54, 1.807) is 16.8 Å². The number of aryl methyl sites for hydroxylation is 1. The summed E-state index contributed by atoms with van der Waals surface area (Å²) in [4.78, 5) is 0. The number of hydrogen-bond acceptors (Lipinski definition) is 4. The van der Waals surface area contributed by atoms with Crippen LogP contribution in [0.2, 0.25) is 5.02 Å². The maximum absolute atomic E-state index is 9.37. The van der Waals surface area contributed by atoms with Gasteiger partial charge in [0.25, 0.3) is 5.88 Å². The molecule has 0 spiro atoms. The van der Waals surface area contributed by atoms with Crippen molar-refractivity contribution >= 4 is 17.4 Å². The summed E-state index contributed by atoms with van der Waals surface area (Å²) in [5, 5.41) is 14.4.